The van der Waals surface area contributed by atoms with Crippen molar-refractivity contribution in [2.24, 2.45) is 5.92 Å². The highest BCUT2D eigenvalue weighted by molar-refractivity contribution is 7.89. The number of carbonyl (C=O) groups excluding carboxylic acids is 1. The molecule has 1 saturated heterocycles. The van der Waals surface area contributed by atoms with E-state index in [1.54, 1.807) is 12.1 Å². The first-order valence-corrected chi connectivity index (χ1v) is 13.5. The zero-order valence-electron chi connectivity index (χ0n) is 20.3. The summed E-state index contributed by atoms with van der Waals surface area (Å²) in [4.78, 5) is 19.8. The van der Waals surface area contributed by atoms with Crippen LogP contribution in [0.2, 0.25) is 0 Å². The summed E-state index contributed by atoms with van der Waals surface area (Å²) in [7, 11) is -0.481. The maximum Gasteiger partial charge on any atom is 0.242 e. The van der Waals surface area contributed by atoms with Crippen molar-refractivity contribution in [2.75, 3.05) is 27.2 Å². The van der Waals surface area contributed by atoms with Crippen LogP contribution >= 0.6 is 0 Å². The molecule has 0 bridgehead atoms. The molecule has 0 spiro atoms. The number of rotatable bonds is 8. The van der Waals surface area contributed by atoms with Gasteiger partial charge in [0, 0.05) is 46.6 Å². The lowest BCUT2D eigenvalue weighted by Crippen LogP contribution is -2.39. The molecular formula is C26H34N4O3S. The van der Waals surface area contributed by atoms with Crippen LogP contribution < -0.4 is 0 Å². The number of sulfonamides is 1. The first-order chi connectivity index (χ1) is 16.3. The van der Waals surface area contributed by atoms with E-state index in [0.29, 0.717) is 30.8 Å². The topological polar surface area (TPSA) is 75.5 Å². The van der Waals surface area contributed by atoms with Gasteiger partial charge in [-0.05, 0) is 55.9 Å². The van der Waals surface area contributed by atoms with Crippen LogP contribution in [-0.4, -0.2) is 60.3 Å². The third-order valence-electron chi connectivity index (χ3n) is 6.79. The molecule has 4 rings (SSSR count). The molecular weight excluding hydrogens is 448 g/mol. The minimum atomic E-state index is -3.52. The van der Waals surface area contributed by atoms with Gasteiger partial charge in [-0.1, -0.05) is 30.3 Å². The van der Waals surface area contributed by atoms with E-state index in [1.807, 2.05) is 24.0 Å². The average molecular weight is 483 g/mol. The average Bonchev–Trinajstić information content (AvgIpc) is 3.20. The van der Waals surface area contributed by atoms with E-state index in [-0.39, 0.29) is 10.8 Å². The van der Waals surface area contributed by atoms with E-state index in [4.69, 9.17) is 4.98 Å². The number of benzene rings is 2. The van der Waals surface area contributed by atoms with Crippen molar-refractivity contribution in [3.63, 3.8) is 0 Å². The SMILES string of the molecule is CCn1c(CCC(=O)N2CCC(Cc3ccccc3)CC2)nc2cc(S(=O)(=O)N(C)C)ccc21. The summed E-state index contributed by atoms with van der Waals surface area (Å²) >= 11 is 0. The molecule has 0 atom stereocenters. The van der Waals surface area contributed by atoms with Gasteiger partial charge in [-0.15, -0.1) is 0 Å². The summed E-state index contributed by atoms with van der Waals surface area (Å²) in [5.41, 5.74) is 2.91. The Morgan fingerprint density at radius 2 is 1.79 bits per heavy atom. The summed E-state index contributed by atoms with van der Waals surface area (Å²) in [6.45, 7) is 4.37. The predicted octanol–water partition coefficient (Wildman–Crippen LogP) is 3.72. The number of fused-ring (bicyclic) bond motifs is 1. The molecule has 1 aromatic heterocycles. The molecule has 0 radical (unpaired) electrons. The largest absolute Gasteiger partial charge is 0.343 e. The maximum atomic E-state index is 12.9. The van der Waals surface area contributed by atoms with Crippen molar-refractivity contribution in [1.82, 2.24) is 18.8 Å². The Morgan fingerprint density at radius 3 is 2.44 bits per heavy atom. The van der Waals surface area contributed by atoms with E-state index in [2.05, 4.69) is 28.8 Å². The summed E-state index contributed by atoms with van der Waals surface area (Å²) in [5.74, 6) is 1.62. The van der Waals surface area contributed by atoms with Gasteiger partial charge in [-0.2, -0.15) is 0 Å². The Balaban J connectivity index is 1.38. The molecule has 0 N–H and O–H groups in total. The van der Waals surface area contributed by atoms with E-state index in [1.165, 1.54) is 24.0 Å². The van der Waals surface area contributed by atoms with Crippen LogP contribution in [0.1, 0.15) is 37.6 Å². The van der Waals surface area contributed by atoms with Crippen molar-refractivity contribution < 1.29 is 13.2 Å². The highest BCUT2D eigenvalue weighted by atomic mass is 32.2. The highest BCUT2D eigenvalue weighted by Gasteiger charge is 2.24. The standard InChI is InChI=1S/C26H34N4O3S/c1-4-30-24-11-10-22(34(32,33)28(2)3)19-23(24)27-25(30)12-13-26(31)29-16-14-21(15-17-29)18-20-8-6-5-7-9-20/h5-11,19,21H,4,12-18H2,1-3H3. The molecule has 1 aliphatic heterocycles. The molecule has 3 aromatic rings. The number of hydrogen-bond acceptors (Lipinski definition) is 4. The minimum absolute atomic E-state index is 0.170. The van der Waals surface area contributed by atoms with Gasteiger partial charge in [0.15, 0.2) is 0 Å². The van der Waals surface area contributed by atoms with E-state index >= 15 is 0 Å². The number of aromatic nitrogens is 2. The number of hydrogen-bond donors (Lipinski definition) is 0. The summed E-state index contributed by atoms with van der Waals surface area (Å²) in [6.07, 6.45) is 4.11. The number of likely N-dealkylation sites (tertiary alicyclic amines) is 1. The molecule has 7 nitrogen and oxygen atoms in total. The first-order valence-electron chi connectivity index (χ1n) is 12.0. The number of aryl methyl sites for hydroxylation is 2. The van der Waals surface area contributed by atoms with Crippen LogP contribution in [0.4, 0.5) is 0 Å². The van der Waals surface area contributed by atoms with E-state index in [0.717, 1.165) is 43.7 Å². The zero-order valence-corrected chi connectivity index (χ0v) is 21.1. The minimum Gasteiger partial charge on any atom is -0.343 e. The molecule has 2 aromatic carbocycles. The van der Waals surface area contributed by atoms with Crippen LogP contribution in [0, 0.1) is 5.92 Å². The van der Waals surface area contributed by atoms with E-state index in [9.17, 15) is 13.2 Å². The first kappa shape index (κ1) is 24.4. The van der Waals surface area contributed by atoms with Gasteiger partial charge in [0.05, 0.1) is 15.9 Å². The highest BCUT2D eigenvalue weighted by Crippen LogP contribution is 2.24. The van der Waals surface area contributed by atoms with Crippen LogP contribution in [0.15, 0.2) is 53.4 Å². The number of piperidine rings is 1. The molecule has 0 aliphatic carbocycles. The Labute approximate surface area is 202 Å². The van der Waals surface area contributed by atoms with Crippen LogP contribution in [0.5, 0.6) is 0 Å². The lowest BCUT2D eigenvalue weighted by molar-refractivity contribution is -0.132. The van der Waals surface area contributed by atoms with Gasteiger partial charge in [-0.3, -0.25) is 4.79 Å². The van der Waals surface area contributed by atoms with Crippen molar-refractivity contribution in [1.29, 1.82) is 0 Å². The maximum absolute atomic E-state index is 12.9. The molecule has 0 unspecified atom stereocenters. The summed E-state index contributed by atoms with van der Waals surface area (Å²) in [6, 6.07) is 15.6. The Bertz CT molecular complexity index is 1240. The van der Waals surface area contributed by atoms with Gasteiger partial charge in [0.2, 0.25) is 15.9 Å². The second-order valence-electron chi connectivity index (χ2n) is 9.22. The molecule has 8 heteroatoms. The fourth-order valence-corrected chi connectivity index (χ4v) is 5.71. The van der Waals surface area contributed by atoms with Gasteiger partial charge in [0.25, 0.3) is 0 Å². The molecule has 1 fully saturated rings. The third-order valence-corrected chi connectivity index (χ3v) is 8.60. The lowest BCUT2D eigenvalue weighted by Gasteiger charge is -2.32. The smallest absolute Gasteiger partial charge is 0.242 e. The Hall–Kier alpha value is -2.71. The number of imidazole rings is 1. The predicted molar refractivity (Wildman–Crippen MR) is 134 cm³/mol. The zero-order chi connectivity index (χ0) is 24.3. The second kappa shape index (κ2) is 10.3. The monoisotopic (exact) mass is 482 g/mol. The quantitative estimate of drug-likeness (QED) is 0.490. The van der Waals surface area contributed by atoms with Crippen molar-refractivity contribution in [2.45, 2.75) is 50.5 Å². The number of nitrogens with zero attached hydrogens (tertiary/aromatic N) is 4. The molecule has 34 heavy (non-hydrogen) atoms. The van der Waals surface area contributed by atoms with Crippen molar-refractivity contribution in [3.8, 4) is 0 Å². The summed E-state index contributed by atoms with van der Waals surface area (Å²) < 4.78 is 28.3. The second-order valence-corrected chi connectivity index (χ2v) is 11.4. The fourth-order valence-electron chi connectivity index (χ4n) is 4.79. The lowest BCUT2D eigenvalue weighted by atomic mass is 9.90. The van der Waals surface area contributed by atoms with Crippen molar-refractivity contribution >= 4 is 27.0 Å². The van der Waals surface area contributed by atoms with E-state index < -0.39 is 10.0 Å². The molecule has 182 valence electrons. The van der Waals surface area contributed by atoms with Gasteiger partial charge < -0.3 is 9.47 Å². The number of amides is 1. The molecule has 1 aliphatic rings. The Kier molecular flexibility index (Phi) is 7.38. The third kappa shape index (κ3) is 5.18. The molecule has 0 saturated carbocycles. The normalized spacial score (nSPS) is 15.4. The van der Waals surface area contributed by atoms with Gasteiger partial charge in [-0.25, -0.2) is 17.7 Å². The van der Waals surface area contributed by atoms with Gasteiger partial charge >= 0.3 is 0 Å². The summed E-state index contributed by atoms with van der Waals surface area (Å²) in [5, 5.41) is 0. The van der Waals surface area contributed by atoms with Crippen LogP contribution in [-0.2, 0) is 34.2 Å². The van der Waals surface area contributed by atoms with Crippen LogP contribution in [0.25, 0.3) is 11.0 Å². The van der Waals surface area contributed by atoms with Gasteiger partial charge in [0.1, 0.15) is 5.82 Å². The van der Waals surface area contributed by atoms with Crippen LogP contribution in [0.3, 0.4) is 0 Å². The van der Waals surface area contributed by atoms with Crippen molar-refractivity contribution in [3.05, 3.63) is 59.9 Å². The molecule has 1 amide bonds. The molecule has 2 heterocycles. The number of carbonyl (C=O) groups is 1. The Morgan fingerprint density at radius 1 is 1.09 bits per heavy atom. The fraction of sp³-hybridized carbons (Fsp3) is 0.462.